The molecule has 0 fully saturated rings. The SMILES string of the molecule is O=C(NCc1ccco1)c1cn(Cc2ccccc2Cl)nc1-c1ccccc1. The lowest BCUT2D eigenvalue weighted by atomic mass is 10.1. The highest BCUT2D eigenvalue weighted by Crippen LogP contribution is 2.23. The highest BCUT2D eigenvalue weighted by Gasteiger charge is 2.18. The monoisotopic (exact) mass is 391 g/mol. The number of hydrogen-bond acceptors (Lipinski definition) is 3. The van der Waals surface area contributed by atoms with E-state index < -0.39 is 0 Å². The Hall–Kier alpha value is -3.31. The van der Waals surface area contributed by atoms with Crippen LogP contribution in [-0.4, -0.2) is 15.7 Å². The standard InChI is InChI=1S/C22H18ClN3O2/c23-20-11-5-4-9-17(20)14-26-15-19(21(25-26)16-7-2-1-3-8-16)22(27)24-13-18-10-6-12-28-18/h1-12,15H,13-14H2,(H,24,27). The summed E-state index contributed by atoms with van der Waals surface area (Å²) in [6.45, 7) is 0.792. The summed E-state index contributed by atoms with van der Waals surface area (Å²) < 4.78 is 7.02. The van der Waals surface area contributed by atoms with Crippen molar-refractivity contribution in [1.29, 1.82) is 0 Å². The first-order valence-electron chi connectivity index (χ1n) is 8.87. The summed E-state index contributed by atoms with van der Waals surface area (Å²) in [7, 11) is 0. The summed E-state index contributed by atoms with van der Waals surface area (Å²) in [4.78, 5) is 12.8. The largest absolute Gasteiger partial charge is 0.467 e. The summed E-state index contributed by atoms with van der Waals surface area (Å²) in [6, 6.07) is 20.9. The van der Waals surface area contributed by atoms with Crippen LogP contribution in [0.15, 0.2) is 83.6 Å². The number of nitrogens with zero attached hydrogens (tertiary/aromatic N) is 2. The van der Waals surface area contributed by atoms with Gasteiger partial charge in [0.25, 0.3) is 5.91 Å². The smallest absolute Gasteiger partial charge is 0.255 e. The second kappa shape index (κ2) is 8.15. The Labute approximate surface area is 167 Å². The zero-order valence-electron chi connectivity index (χ0n) is 15.0. The molecule has 0 aliphatic heterocycles. The maximum absolute atomic E-state index is 12.8. The number of rotatable bonds is 6. The van der Waals surface area contributed by atoms with Crippen LogP contribution < -0.4 is 5.32 Å². The van der Waals surface area contributed by atoms with Crippen molar-refractivity contribution in [2.75, 3.05) is 0 Å². The Kier molecular flexibility index (Phi) is 5.26. The van der Waals surface area contributed by atoms with Gasteiger partial charge in [-0.2, -0.15) is 5.10 Å². The number of halogens is 1. The maximum atomic E-state index is 12.8. The molecule has 2 heterocycles. The van der Waals surface area contributed by atoms with E-state index in [1.165, 1.54) is 0 Å². The van der Waals surface area contributed by atoms with Gasteiger partial charge in [0.15, 0.2) is 0 Å². The van der Waals surface area contributed by atoms with Gasteiger partial charge in [-0.1, -0.05) is 60.1 Å². The number of nitrogens with one attached hydrogen (secondary N) is 1. The predicted molar refractivity (Wildman–Crippen MR) is 108 cm³/mol. The Bertz CT molecular complexity index is 1070. The maximum Gasteiger partial charge on any atom is 0.255 e. The molecule has 0 aliphatic rings. The number of carbonyl (C=O) groups is 1. The number of amides is 1. The van der Waals surface area contributed by atoms with E-state index in [1.807, 2.05) is 60.7 Å². The molecule has 6 heteroatoms. The lowest BCUT2D eigenvalue weighted by Crippen LogP contribution is -2.22. The van der Waals surface area contributed by atoms with Crippen molar-refractivity contribution < 1.29 is 9.21 Å². The van der Waals surface area contributed by atoms with Gasteiger partial charge in [-0.05, 0) is 23.8 Å². The van der Waals surface area contributed by atoms with Crippen molar-refractivity contribution in [3.8, 4) is 11.3 Å². The van der Waals surface area contributed by atoms with Crippen molar-refractivity contribution >= 4 is 17.5 Å². The third kappa shape index (κ3) is 4.00. The van der Waals surface area contributed by atoms with Crippen molar-refractivity contribution in [3.05, 3.63) is 101 Å². The van der Waals surface area contributed by atoms with Gasteiger partial charge in [0.2, 0.25) is 0 Å². The second-order valence-corrected chi connectivity index (χ2v) is 6.72. The van der Waals surface area contributed by atoms with E-state index in [0.717, 1.165) is 11.1 Å². The number of benzene rings is 2. The number of carbonyl (C=O) groups excluding carboxylic acids is 1. The fourth-order valence-electron chi connectivity index (χ4n) is 2.95. The molecule has 2 aromatic carbocycles. The van der Waals surface area contributed by atoms with E-state index in [1.54, 1.807) is 23.2 Å². The molecule has 4 aromatic rings. The van der Waals surface area contributed by atoms with Crippen molar-refractivity contribution in [2.45, 2.75) is 13.1 Å². The quantitative estimate of drug-likeness (QED) is 0.514. The van der Waals surface area contributed by atoms with Gasteiger partial charge in [0.1, 0.15) is 11.5 Å². The van der Waals surface area contributed by atoms with Gasteiger partial charge in [-0.3, -0.25) is 9.48 Å². The number of aromatic nitrogens is 2. The fraction of sp³-hybridized carbons (Fsp3) is 0.0909. The Balaban J connectivity index is 1.64. The third-order valence-corrected chi connectivity index (χ3v) is 4.72. The van der Waals surface area contributed by atoms with Gasteiger partial charge in [0, 0.05) is 16.8 Å². The van der Waals surface area contributed by atoms with Crippen LogP contribution in [-0.2, 0) is 13.1 Å². The molecule has 0 atom stereocenters. The molecule has 0 spiro atoms. The normalized spacial score (nSPS) is 10.8. The van der Waals surface area contributed by atoms with Gasteiger partial charge < -0.3 is 9.73 Å². The topological polar surface area (TPSA) is 60.1 Å². The van der Waals surface area contributed by atoms with E-state index in [4.69, 9.17) is 16.0 Å². The molecule has 0 bridgehead atoms. The lowest BCUT2D eigenvalue weighted by molar-refractivity contribution is 0.0948. The van der Waals surface area contributed by atoms with Gasteiger partial charge >= 0.3 is 0 Å². The van der Waals surface area contributed by atoms with Crippen LogP contribution in [0.1, 0.15) is 21.7 Å². The molecule has 1 amide bonds. The van der Waals surface area contributed by atoms with Crippen LogP contribution >= 0.6 is 11.6 Å². The minimum atomic E-state index is -0.208. The summed E-state index contributed by atoms with van der Waals surface area (Å²) in [5, 5.41) is 8.21. The molecule has 28 heavy (non-hydrogen) atoms. The van der Waals surface area contributed by atoms with Crippen molar-refractivity contribution in [1.82, 2.24) is 15.1 Å². The highest BCUT2D eigenvalue weighted by molar-refractivity contribution is 6.31. The third-order valence-electron chi connectivity index (χ3n) is 4.35. The summed E-state index contributed by atoms with van der Waals surface area (Å²) in [5.41, 5.74) is 2.95. The van der Waals surface area contributed by atoms with Crippen molar-refractivity contribution in [3.63, 3.8) is 0 Å². The van der Waals surface area contributed by atoms with E-state index >= 15 is 0 Å². The molecule has 0 saturated carbocycles. The summed E-state index contributed by atoms with van der Waals surface area (Å²) in [6.07, 6.45) is 3.33. The van der Waals surface area contributed by atoms with Crippen LogP contribution in [0.5, 0.6) is 0 Å². The first kappa shape index (κ1) is 18.1. The van der Waals surface area contributed by atoms with Gasteiger partial charge in [0.05, 0.1) is 24.9 Å². The molecule has 0 saturated heterocycles. The highest BCUT2D eigenvalue weighted by atomic mass is 35.5. The van der Waals surface area contributed by atoms with E-state index in [0.29, 0.717) is 35.1 Å². The molecule has 0 unspecified atom stereocenters. The average molecular weight is 392 g/mol. The van der Waals surface area contributed by atoms with Crippen molar-refractivity contribution in [2.24, 2.45) is 0 Å². The number of hydrogen-bond donors (Lipinski definition) is 1. The lowest BCUT2D eigenvalue weighted by Gasteiger charge is -2.04. The molecule has 5 nitrogen and oxygen atoms in total. The van der Waals surface area contributed by atoms with Crippen LogP contribution in [0, 0.1) is 0 Å². The van der Waals surface area contributed by atoms with E-state index in [-0.39, 0.29) is 5.91 Å². The summed E-state index contributed by atoms with van der Waals surface area (Å²) >= 11 is 6.28. The summed E-state index contributed by atoms with van der Waals surface area (Å²) in [5.74, 6) is 0.485. The van der Waals surface area contributed by atoms with Gasteiger partial charge in [-0.25, -0.2) is 0 Å². The van der Waals surface area contributed by atoms with Crippen LogP contribution in [0.4, 0.5) is 0 Å². The van der Waals surface area contributed by atoms with Crippen LogP contribution in [0.25, 0.3) is 11.3 Å². The molecule has 2 aromatic heterocycles. The van der Waals surface area contributed by atoms with E-state index in [9.17, 15) is 4.79 Å². The zero-order valence-corrected chi connectivity index (χ0v) is 15.8. The zero-order chi connectivity index (χ0) is 19.3. The average Bonchev–Trinajstić information content (AvgIpc) is 3.39. The molecular formula is C22H18ClN3O2. The fourth-order valence-corrected chi connectivity index (χ4v) is 3.15. The molecule has 0 aliphatic carbocycles. The first-order valence-corrected chi connectivity index (χ1v) is 9.25. The molecule has 0 radical (unpaired) electrons. The second-order valence-electron chi connectivity index (χ2n) is 6.31. The van der Waals surface area contributed by atoms with Gasteiger partial charge in [-0.15, -0.1) is 0 Å². The molecule has 140 valence electrons. The van der Waals surface area contributed by atoms with E-state index in [2.05, 4.69) is 10.4 Å². The number of furan rings is 1. The van der Waals surface area contributed by atoms with Crippen LogP contribution in [0.2, 0.25) is 5.02 Å². The molecular weight excluding hydrogens is 374 g/mol. The Morgan fingerprint density at radius 1 is 1.04 bits per heavy atom. The predicted octanol–water partition coefficient (Wildman–Crippen LogP) is 4.77. The van der Waals surface area contributed by atoms with Crippen LogP contribution in [0.3, 0.4) is 0 Å². The minimum Gasteiger partial charge on any atom is -0.467 e. The Morgan fingerprint density at radius 2 is 1.82 bits per heavy atom. The molecule has 1 N–H and O–H groups in total. The minimum absolute atomic E-state index is 0.208. The Morgan fingerprint density at radius 3 is 2.57 bits per heavy atom. The first-order chi connectivity index (χ1) is 13.7. The molecule has 4 rings (SSSR count).